The van der Waals surface area contributed by atoms with Gasteiger partial charge in [-0.3, -0.25) is 0 Å². The van der Waals surface area contributed by atoms with Crippen LogP contribution in [0.2, 0.25) is 0 Å². The molecule has 1 fully saturated rings. The molecular weight excluding hydrogens is 186 g/mol. The van der Waals surface area contributed by atoms with Gasteiger partial charge in [-0.1, -0.05) is 18.2 Å². The van der Waals surface area contributed by atoms with Crippen molar-refractivity contribution in [3.05, 3.63) is 30.3 Å². The maximum absolute atomic E-state index is 5.64. The van der Waals surface area contributed by atoms with E-state index in [1.807, 2.05) is 0 Å². The molecular formula is C13H19NO. The van der Waals surface area contributed by atoms with E-state index >= 15 is 0 Å². The van der Waals surface area contributed by atoms with Crippen molar-refractivity contribution in [2.24, 2.45) is 0 Å². The molecule has 2 nitrogen and oxygen atoms in total. The molecule has 0 radical (unpaired) electrons. The third-order valence-electron chi connectivity index (χ3n) is 2.97. The molecule has 1 aliphatic rings. The third-order valence-corrected chi connectivity index (χ3v) is 2.97. The maximum Gasteiger partial charge on any atom is 0.0608 e. The van der Waals surface area contributed by atoms with Crippen LogP contribution in [0.15, 0.2) is 30.3 Å². The minimum atomic E-state index is 0.481. The first kappa shape index (κ1) is 10.5. The molecule has 1 saturated heterocycles. The monoisotopic (exact) mass is 205 g/mol. The zero-order chi connectivity index (χ0) is 10.5. The molecule has 0 saturated carbocycles. The number of hydrogen-bond acceptors (Lipinski definition) is 2. The van der Waals surface area contributed by atoms with Crippen LogP contribution in [-0.4, -0.2) is 25.8 Å². The van der Waals surface area contributed by atoms with Crippen molar-refractivity contribution in [2.75, 3.05) is 24.6 Å². The van der Waals surface area contributed by atoms with Crippen LogP contribution in [0, 0.1) is 0 Å². The maximum atomic E-state index is 5.64. The molecule has 0 spiro atoms. The van der Waals surface area contributed by atoms with Crippen LogP contribution in [0.5, 0.6) is 0 Å². The van der Waals surface area contributed by atoms with E-state index in [1.54, 1.807) is 0 Å². The van der Waals surface area contributed by atoms with Crippen molar-refractivity contribution < 1.29 is 4.74 Å². The van der Waals surface area contributed by atoms with Crippen LogP contribution in [0.1, 0.15) is 19.8 Å². The fourth-order valence-corrected chi connectivity index (χ4v) is 2.16. The van der Waals surface area contributed by atoms with Crippen LogP contribution in [-0.2, 0) is 4.74 Å². The Morgan fingerprint density at radius 3 is 2.47 bits per heavy atom. The summed E-state index contributed by atoms with van der Waals surface area (Å²) in [7, 11) is 0. The standard InChI is InChI=1S/C13H19NO/c1-2-15-13-8-10-14(11-9-13)12-6-4-3-5-7-12/h3-7,13H,2,8-11H2,1H3. The molecule has 0 atom stereocenters. The number of hydrogen-bond donors (Lipinski definition) is 0. The smallest absolute Gasteiger partial charge is 0.0608 e. The van der Waals surface area contributed by atoms with Crippen molar-refractivity contribution >= 4 is 5.69 Å². The molecule has 82 valence electrons. The van der Waals surface area contributed by atoms with Gasteiger partial charge in [0.25, 0.3) is 0 Å². The Morgan fingerprint density at radius 2 is 1.87 bits per heavy atom. The normalized spacial score (nSPS) is 18.1. The van der Waals surface area contributed by atoms with Crippen molar-refractivity contribution in [3.63, 3.8) is 0 Å². The highest BCUT2D eigenvalue weighted by molar-refractivity contribution is 5.46. The fourth-order valence-electron chi connectivity index (χ4n) is 2.16. The molecule has 0 aliphatic carbocycles. The molecule has 2 heteroatoms. The zero-order valence-electron chi connectivity index (χ0n) is 9.36. The van der Waals surface area contributed by atoms with Crippen molar-refractivity contribution in [1.82, 2.24) is 0 Å². The van der Waals surface area contributed by atoms with Gasteiger partial charge in [0, 0.05) is 25.4 Å². The summed E-state index contributed by atoms with van der Waals surface area (Å²) in [4.78, 5) is 2.44. The molecule has 0 amide bonds. The Labute approximate surface area is 91.9 Å². The van der Waals surface area contributed by atoms with E-state index in [4.69, 9.17) is 4.74 Å². The summed E-state index contributed by atoms with van der Waals surface area (Å²) in [5.74, 6) is 0. The Bertz CT molecular complexity index is 278. The molecule has 0 aromatic heterocycles. The van der Waals surface area contributed by atoms with Gasteiger partial charge in [-0.2, -0.15) is 0 Å². The highest BCUT2D eigenvalue weighted by Gasteiger charge is 2.18. The second kappa shape index (κ2) is 5.17. The summed E-state index contributed by atoms with van der Waals surface area (Å²) in [6.07, 6.45) is 2.79. The van der Waals surface area contributed by atoms with Gasteiger partial charge in [-0.15, -0.1) is 0 Å². The number of anilines is 1. The lowest BCUT2D eigenvalue weighted by molar-refractivity contribution is 0.0459. The van der Waals surface area contributed by atoms with E-state index in [2.05, 4.69) is 42.2 Å². The summed E-state index contributed by atoms with van der Waals surface area (Å²) < 4.78 is 5.64. The number of rotatable bonds is 3. The predicted octanol–water partition coefficient (Wildman–Crippen LogP) is 2.69. The van der Waals surface area contributed by atoms with E-state index in [-0.39, 0.29) is 0 Å². The van der Waals surface area contributed by atoms with E-state index in [0.717, 1.165) is 32.5 Å². The molecule has 15 heavy (non-hydrogen) atoms. The third kappa shape index (κ3) is 2.72. The largest absolute Gasteiger partial charge is 0.378 e. The van der Waals surface area contributed by atoms with Crippen molar-refractivity contribution in [2.45, 2.75) is 25.9 Å². The van der Waals surface area contributed by atoms with Crippen molar-refractivity contribution in [1.29, 1.82) is 0 Å². The summed E-state index contributed by atoms with van der Waals surface area (Å²) in [6.45, 7) is 5.16. The number of para-hydroxylation sites is 1. The Morgan fingerprint density at radius 1 is 1.20 bits per heavy atom. The molecule has 0 bridgehead atoms. The molecule has 0 N–H and O–H groups in total. The highest BCUT2D eigenvalue weighted by atomic mass is 16.5. The lowest BCUT2D eigenvalue weighted by Gasteiger charge is -2.33. The lowest BCUT2D eigenvalue weighted by Crippen LogP contribution is -2.36. The minimum Gasteiger partial charge on any atom is -0.378 e. The molecule has 1 aliphatic heterocycles. The van der Waals surface area contributed by atoms with Gasteiger partial charge in [0.1, 0.15) is 0 Å². The van der Waals surface area contributed by atoms with Crippen LogP contribution in [0.3, 0.4) is 0 Å². The van der Waals surface area contributed by atoms with Gasteiger partial charge >= 0.3 is 0 Å². The fraction of sp³-hybridized carbons (Fsp3) is 0.538. The summed E-state index contributed by atoms with van der Waals surface area (Å²) in [5.41, 5.74) is 1.34. The Balaban J connectivity index is 1.88. The zero-order valence-corrected chi connectivity index (χ0v) is 9.36. The first-order valence-electron chi connectivity index (χ1n) is 5.81. The van der Waals surface area contributed by atoms with E-state index in [9.17, 15) is 0 Å². The number of nitrogens with zero attached hydrogens (tertiary/aromatic N) is 1. The topological polar surface area (TPSA) is 12.5 Å². The molecule has 2 rings (SSSR count). The molecule has 1 aromatic carbocycles. The molecule has 1 heterocycles. The predicted molar refractivity (Wildman–Crippen MR) is 63.3 cm³/mol. The van der Waals surface area contributed by atoms with Crippen LogP contribution in [0.4, 0.5) is 5.69 Å². The van der Waals surface area contributed by atoms with Gasteiger partial charge in [-0.05, 0) is 31.9 Å². The van der Waals surface area contributed by atoms with Gasteiger partial charge in [0.15, 0.2) is 0 Å². The Kier molecular flexibility index (Phi) is 3.62. The summed E-state index contributed by atoms with van der Waals surface area (Å²) >= 11 is 0. The lowest BCUT2D eigenvalue weighted by atomic mass is 10.1. The first-order chi connectivity index (χ1) is 7.40. The van der Waals surface area contributed by atoms with Crippen LogP contribution in [0.25, 0.3) is 0 Å². The first-order valence-corrected chi connectivity index (χ1v) is 5.81. The Hall–Kier alpha value is -1.02. The number of piperidine rings is 1. The second-order valence-electron chi connectivity index (χ2n) is 3.98. The van der Waals surface area contributed by atoms with Crippen molar-refractivity contribution in [3.8, 4) is 0 Å². The van der Waals surface area contributed by atoms with Gasteiger partial charge in [0.2, 0.25) is 0 Å². The highest BCUT2D eigenvalue weighted by Crippen LogP contribution is 2.20. The van der Waals surface area contributed by atoms with Crippen LogP contribution >= 0.6 is 0 Å². The second-order valence-corrected chi connectivity index (χ2v) is 3.98. The average Bonchev–Trinajstić information content (AvgIpc) is 2.32. The molecule has 1 aromatic rings. The minimum absolute atomic E-state index is 0.481. The van der Waals surface area contributed by atoms with Gasteiger partial charge < -0.3 is 9.64 Å². The summed E-state index contributed by atoms with van der Waals surface area (Å²) in [6, 6.07) is 10.6. The van der Waals surface area contributed by atoms with Gasteiger partial charge in [-0.25, -0.2) is 0 Å². The van der Waals surface area contributed by atoms with E-state index in [0.29, 0.717) is 6.10 Å². The van der Waals surface area contributed by atoms with E-state index < -0.39 is 0 Å². The summed E-state index contributed by atoms with van der Waals surface area (Å²) in [5, 5.41) is 0. The molecule has 0 unspecified atom stereocenters. The number of ether oxygens (including phenoxy) is 1. The van der Waals surface area contributed by atoms with Gasteiger partial charge in [0.05, 0.1) is 6.10 Å². The quantitative estimate of drug-likeness (QED) is 0.752. The van der Waals surface area contributed by atoms with Crippen LogP contribution < -0.4 is 4.90 Å². The number of benzene rings is 1. The van der Waals surface area contributed by atoms with E-state index in [1.165, 1.54) is 5.69 Å². The average molecular weight is 205 g/mol. The SMILES string of the molecule is CCOC1CCN(c2ccccc2)CC1.